The Labute approximate surface area is 166 Å². The molecule has 4 heteroatoms. The van der Waals surface area contributed by atoms with Gasteiger partial charge in [-0.05, 0) is 60.2 Å². The molecule has 1 saturated heterocycles. The summed E-state index contributed by atoms with van der Waals surface area (Å²) in [6.45, 7) is 6.31. The molecule has 2 aliphatic heterocycles. The van der Waals surface area contributed by atoms with Crippen molar-refractivity contribution in [2.75, 3.05) is 24.7 Å². The number of halogens is 1. The van der Waals surface area contributed by atoms with E-state index >= 15 is 0 Å². The molecule has 148 valence electrons. The minimum atomic E-state index is -0.232. The molecular weight excluding hydrogens is 353 g/mol. The van der Waals surface area contributed by atoms with Gasteiger partial charge in [-0.25, -0.2) is 4.39 Å². The van der Waals surface area contributed by atoms with Crippen LogP contribution in [0.3, 0.4) is 0 Å². The molecule has 0 saturated carbocycles. The fourth-order valence-electron chi connectivity index (χ4n) is 4.73. The molecule has 2 aromatic carbocycles. The van der Waals surface area contributed by atoms with Gasteiger partial charge in [0.15, 0.2) is 0 Å². The van der Waals surface area contributed by atoms with Crippen molar-refractivity contribution >= 4 is 11.6 Å². The SMILES string of the molecule is CCCC(C)C(=O)N1CC2(CCOCC2)c2cc(-c3cccc(F)c3)ccc21. The van der Waals surface area contributed by atoms with E-state index in [1.54, 1.807) is 12.1 Å². The number of hydrogen-bond donors (Lipinski definition) is 0. The van der Waals surface area contributed by atoms with Crippen molar-refractivity contribution in [2.24, 2.45) is 5.92 Å². The van der Waals surface area contributed by atoms with E-state index in [4.69, 9.17) is 4.74 Å². The van der Waals surface area contributed by atoms with E-state index in [0.717, 1.165) is 62.3 Å². The van der Waals surface area contributed by atoms with Crippen molar-refractivity contribution in [3.63, 3.8) is 0 Å². The van der Waals surface area contributed by atoms with Gasteiger partial charge in [0.25, 0.3) is 0 Å². The molecule has 2 aromatic rings. The number of carbonyl (C=O) groups excluding carboxylic acids is 1. The van der Waals surface area contributed by atoms with Gasteiger partial charge in [0.05, 0.1) is 0 Å². The Bertz CT molecular complexity index is 873. The molecule has 1 unspecified atom stereocenters. The van der Waals surface area contributed by atoms with Gasteiger partial charge in [0.1, 0.15) is 5.82 Å². The number of nitrogens with zero attached hydrogens (tertiary/aromatic N) is 1. The largest absolute Gasteiger partial charge is 0.381 e. The summed E-state index contributed by atoms with van der Waals surface area (Å²) in [6, 6.07) is 12.9. The quantitative estimate of drug-likeness (QED) is 0.717. The molecule has 0 aliphatic carbocycles. The predicted octanol–water partition coefficient (Wildman–Crippen LogP) is 5.32. The van der Waals surface area contributed by atoms with Crippen LogP contribution in [0.15, 0.2) is 42.5 Å². The summed E-state index contributed by atoms with van der Waals surface area (Å²) in [5.74, 6) is 0.00433. The molecular formula is C24H28FNO2. The van der Waals surface area contributed by atoms with Crippen molar-refractivity contribution in [3.05, 3.63) is 53.8 Å². The summed E-state index contributed by atoms with van der Waals surface area (Å²) >= 11 is 0. The summed E-state index contributed by atoms with van der Waals surface area (Å²) in [6.07, 6.45) is 3.74. The Hall–Kier alpha value is -2.20. The summed E-state index contributed by atoms with van der Waals surface area (Å²) in [5.41, 5.74) is 4.05. The number of hydrogen-bond acceptors (Lipinski definition) is 2. The van der Waals surface area contributed by atoms with Gasteiger partial charge >= 0.3 is 0 Å². The molecule has 0 radical (unpaired) electrons. The predicted molar refractivity (Wildman–Crippen MR) is 110 cm³/mol. The van der Waals surface area contributed by atoms with Crippen LogP contribution in [0.25, 0.3) is 11.1 Å². The third-order valence-electron chi connectivity index (χ3n) is 6.34. The molecule has 1 spiro atoms. The second-order valence-electron chi connectivity index (χ2n) is 8.25. The number of ether oxygens (including phenoxy) is 1. The van der Waals surface area contributed by atoms with Crippen molar-refractivity contribution in [2.45, 2.75) is 44.9 Å². The third kappa shape index (κ3) is 3.35. The second-order valence-corrected chi connectivity index (χ2v) is 8.25. The molecule has 28 heavy (non-hydrogen) atoms. The molecule has 2 heterocycles. The van der Waals surface area contributed by atoms with E-state index in [1.807, 2.05) is 24.0 Å². The average molecular weight is 381 g/mol. The maximum absolute atomic E-state index is 13.7. The number of carbonyl (C=O) groups is 1. The molecule has 4 rings (SSSR count). The molecule has 1 atom stereocenters. The maximum atomic E-state index is 13.7. The van der Waals surface area contributed by atoms with E-state index in [2.05, 4.69) is 19.1 Å². The first kappa shape index (κ1) is 19.1. The highest BCUT2D eigenvalue weighted by Gasteiger charge is 2.46. The van der Waals surface area contributed by atoms with Crippen LogP contribution in [0, 0.1) is 11.7 Å². The topological polar surface area (TPSA) is 29.5 Å². The Morgan fingerprint density at radius 1 is 1.18 bits per heavy atom. The molecule has 0 bridgehead atoms. The summed E-state index contributed by atoms with van der Waals surface area (Å²) in [4.78, 5) is 15.2. The van der Waals surface area contributed by atoms with Gasteiger partial charge in [0, 0.05) is 36.8 Å². The lowest BCUT2D eigenvalue weighted by Crippen LogP contribution is -2.42. The zero-order valence-corrected chi connectivity index (χ0v) is 16.7. The summed E-state index contributed by atoms with van der Waals surface area (Å²) < 4.78 is 19.4. The van der Waals surface area contributed by atoms with Crippen LogP contribution in [0.4, 0.5) is 10.1 Å². The van der Waals surface area contributed by atoms with Crippen LogP contribution in [0.5, 0.6) is 0 Å². The first-order valence-electron chi connectivity index (χ1n) is 10.3. The maximum Gasteiger partial charge on any atom is 0.229 e. The fraction of sp³-hybridized carbons (Fsp3) is 0.458. The Morgan fingerprint density at radius 3 is 2.64 bits per heavy atom. The monoisotopic (exact) mass is 381 g/mol. The van der Waals surface area contributed by atoms with Crippen molar-refractivity contribution in [1.29, 1.82) is 0 Å². The fourth-order valence-corrected chi connectivity index (χ4v) is 4.73. The number of rotatable bonds is 4. The molecule has 2 aliphatic rings. The lowest BCUT2D eigenvalue weighted by atomic mass is 9.75. The molecule has 1 amide bonds. The van der Waals surface area contributed by atoms with Crippen molar-refractivity contribution in [3.8, 4) is 11.1 Å². The van der Waals surface area contributed by atoms with Gasteiger partial charge in [-0.1, -0.05) is 38.5 Å². The third-order valence-corrected chi connectivity index (χ3v) is 6.34. The summed E-state index contributed by atoms with van der Waals surface area (Å²) in [5, 5.41) is 0. The average Bonchev–Trinajstić information content (AvgIpc) is 3.01. The van der Waals surface area contributed by atoms with Gasteiger partial charge in [0.2, 0.25) is 5.91 Å². The minimum Gasteiger partial charge on any atom is -0.381 e. The van der Waals surface area contributed by atoms with Gasteiger partial charge in [-0.2, -0.15) is 0 Å². The first-order chi connectivity index (χ1) is 13.5. The molecule has 0 aromatic heterocycles. The van der Waals surface area contributed by atoms with Crippen LogP contribution >= 0.6 is 0 Å². The smallest absolute Gasteiger partial charge is 0.229 e. The number of fused-ring (bicyclic) bond motifs is 2. The Morgan fingerprint density at radius 2 is 1.93 bits per heavy atom. The number of amides is 1. The highest BCUT2D eigenvalue weighted by atomic mass is 19.1. The van der Waals surface area contributed by atoms with Crippen molar-refractivity contribution in [1.82, 2.24) is 0 Å². The summed E-state index contributed by atoms with van der Waals surface area (Å²) in [7, 11) is 0. The molecule has 0 N–H and O–H groups in total. The highest BCUT2D eigenvalue weighted by molar-refractivity contribution is 5.98. The normalized spacial score (nSPS) is 18.9. The zero-order valence-electron chi connectivity index (χ0n) is 16.7. The van der Waals surface area contributed by atoms with E-state index in [9.17, 15) is 9.18 Å². The first-order valence-corrected chi connectivity index (χ1v) is 10.3. The van der Waals surface area contributed by atoms with Crippen LogP contribution in [-0.2, 0) is 14.9 Å². The van der Waals surface area contributed by atoms with E-state index in [-0.39, 0.29) is 23.1 Å². The van der Waals surface area contributed by atoms with Crippen LogP contribution in [0.2, 0.25) is 0 Å². The van der Waals surface area contributed by atoms with Crippen LogP contribution in [-0.4, -0.2) is 25.7 Å². The van der Waals surface area contributed by atoms with E-state index in [0.29, 0.717) is 0 Å². The highest BCUT2D eigenvalue weighted by Crippen LogP contribution is 2.48. The minimum absolute atomic E-state index is 0.0238. The lowest BCUT2D eigenvalue weighted by molar-refractivity contribution is -0.122. The zero-order chi connectivity index (χ0) is 19.7. The Balaban J connectivity index is 1.76. The van der Waals surface area contributed by atoms with E-state index < -0.39 is 0 Å². The molecule has 1 fully saturated rings. The van der Waals surface area contributed by atoms with E-state index in [1.165, 1.54) is 11.6 Å². The molecule has 3 nitrogen and oxygen atoms in total. The van der Waals surface area contributed by atoms with Crippen LogP contribution < -0.4 is 4.90 Å². The lowest BCUT2D eigenvalue weighted by Gasteiger charge is -2.34. The van der Waals surface area contributed by atoms with Gasteiger partial charge < -0.3 is 9.64 Å². The van der Waals surface area contributed by atoms with Gasteiger partial charge in [-0.15, -0.1) is 0 Å². The standard InChI is InChI=1S/C24H28FNO2/c1-3-5-17(2)23(27)26-16-24(10-12-28-13-11-24)21-15-19(8-9-22(21)26)18-6-4-7-20(25)14-18/h4,6-9,14-15,17H,3,5,10-13,16H2,1-2H3. The Kier molecular flexibility index (Phi) is 5.24. The van der Waals surface area contributed by atoms with Gasteiger partial charge in [-0.3, -0.25) is 4.79 Å². The van der Waals surface area contributed by atoms with Crippen molar-refractivity contribution < 1.29 is 13.9 Å². The van der Waals surface area contributed by atoms with Crippen LogP contribution in [0.1, 0.15) is 45.1 Å². The number of anilines is 1. The second kappa shape index (κ2) is 7.67. The number of benzene rings is 2.